The molecule has 96 valence electrons. The van der Waals surface area contributed by atoms with Crippen LogP contribution in [0.4, 0.5) is 0 Å². The molecule has 0 aliphatic rings. The summed E-state index contributed by atoms with van der Waals surface area (Å²) >= 11 is 0. The summed E-state index contributed by atoms with van der Waals surface area (Å²) in [4.78, 5) is 0. The van der Waals surface area contributed by atoms with Crippen molar-refractivity contribution in [2.24, 2.45) is 5.73 Å². The number of ether oxygens (including phenoxy) is 2. The lowest BCUT2D eigenvalue weighted by Gasteiger charge is -2.16. The van der Waals surface area contributed by atoms with Crippen molar-refractivity contribution >= 4 is 0 Å². The van der Waals surface area contributed by atoms with Crippen LogP contribution in [0, 0.1) is 0 Å². The summed E-state index contributed by atoms with van der Waals surface area (Å²) in [6, 6.07) is 8.17. The van der Waals surface area contributed by atoms with Gasteiger partial charge >= 0.3 is 0 Å². The topological polar surface area (TPSA) is 44.5 Å². The molecule has 0 aliphatic carbocycles. The molecule has 1 aromatic carbocycles. The predicted octanol–water partition coefficient (Wildman–Crippen LogP) is 2.55. The average Bonchev–Trinajstić information content (AvgIpc) is 2.34. The Hall–Kier alpha value is -1.06. The van der Waals surface area contributed by atoms with Gasteiger partial charge in [0.25, 0.3) is 0 Å². The fourth-order valence-corrected chi connectivity index (χ4v) is 1.57. The molecule has 0 amide bonds. The molecule has 3 heteroatoms. The van der Waals surface area contributed by atoms with Crippen molar-refractivity contribution in [3.63, 3.8) is 0 Å². The van der Waals surface area contributed by atoms with E-state index in [9.17, 15) is 0 Å². The predicted molar refractivity (Wildman–Crippen MR) is 70.5 cm³/mol. The van der Waals surface area contributed by atoms with Gasteiger partial charge in [-0.3, -0.25) is 0 Å². The molecule has 0 saturated heterocycles. The summed E-state index contributed by atoms with van der Waals surface area (Å²) in [6.07, 6.45) is -0.0253. The minimum absolute atomic E-state index is 0.0253. The number of benzene rings is 1. The molecule has 0 spiro atoms. The second kappa shape index (κ2) is 7.30. The molecule has 0 bridgehead atoms. The Morgan fingerprint density at radius 3 is 2.65 bits per heavy atom. The van der Waals surface area contributed by atoms with Gasteiger partial charge in [-0.1, -0.05) is 26.0 Å². The SMILES string of the molecule is CCOC(CN)COc1cccc(C(C)C)c1. The molecular formula is C14H23NO2. The molecule has 1 aromatic rings. The molecule has 1 unspecified atom stereocenters. The van der Waals surface area contributed by atoms with E-state index in [1.165, 1.54) is 5.56 Å². The molecule has 0 aromatic heterocycles. The van der Waals surface area contributed by atoms with Crippen molar-refractivity contribution in [2.75, 3.05) is 19.8 Å². The quantitative estimate of drug-likeness (QED) is 0.792. The second-order valence-electron chi connectivity index (χ2n) is 4.35. The van der Waals surface area contributed by atoms with Gasteiger partial charge in [0.15, 0.2) is 0 Å². The number of rotatable bonds is 7. The molecule has 17 heavy (non-hydrogen) atoms. The van der Waals surface area contributed by atoms with Crippen LogP contribution < -0.4 is 10.5 Å². The molecule has 0 fully saturated rings. The molecule has 0 aliphatic heterocycles. The molecule has 0 saturated carbocycles. The summed E-state index contributed by atoms with van der Waals surface area (Å²) in [6.45, 7) is 7.95. The van der Waals surface area contributed by atoms with Gasteiger partial charge in [-0.15, -0.1) is 0 Å². The van der Waals surface area contributed by atoms with Crippen LogP contribution in [0.2, 0.25) is 0 Å². The Labute approximate surface area is 104 Å². The van der Waals surface area contributed by atoms with Gasteiger partial charge in [0.2, 0.25) is 0 Å². The molecular weight excluding hydrogens is 214 g/mol. The summed E-state index contributed by atoms with van der Waals surface area (Å²) in [5.74, 6) is 1.39. The Morgan fingerprint density at radius 1 is 1.29 bits per heavy atom. The average molecular weight is 237 g/mol. The van der Waals surface area contributed by atoms with E-state index in [4.69, 9.17) is 15.2 Å². The van der Waals surface area contributed by atoms with E-state index >= 15 is 0 Å². The standard InChI is InChI=1S/C14H23NO2/c1-4-16-14(9-15)10-17-13-7-5-6-12(8-13)11(2)3/h5-8,11,14H,4,9-10,15H2,1-3H3. The molecule has 0 radical (unpaired) electrons. The highest BCUT2D eigenvalue weighted by atomic mass is 16.5. The van der Waals surface area contributed by atoms with Crippen LogP contribution >= 0.6 is 0 Å². The number of hydrogen-bond acceptors (Lipinski definition) is 3. The summed E-state index contributed by atoms with van der Waals surface area (Å²) < 4.78 is 11.1. The van der Waals surface area contributed by atoms with Crippen molar-refractivity contribution in [1.29, 1.82) is 0 Å². The van der Waals surface area contributed by atoms with Crippen LogP contribution in [0.3, 0.4) is 0 Å². The number of hydrogen-bond donors (Lipinski definition) is 1. The van der Waals surface area contributed by atoms with Crippen molar-refractivity contribution in [1.82, 2.24) is 0 Å². The third-order valence-electron chi connectivity index (χ3n) is 2.63. The monoisotopic (exact) mass is 237 g/mol. The lowest BCUT2D eigenvalue weighted by atomic mass is 10.0. The Kier molecular flexibility index (Phi) is 6.01. The highest BCUT2D eigenvalue weighted by Crippen LogP contribution is 2.20. The third kappa shape index (κ3) is 4.75. The largest absolute Gasteiger partial charge is 0.491 e. The molecule has 2 N–H and O–H groups in total. The van der Waals surface area contributed by atoms with Crippen LogP contribution in [0.1, 0.15) is 32.3 Å². The number of nitrogens with two attached hydrogens (primary N) is 1. The molecule has 1 atom stereocenters. The van der Waals surface area contributed by atoms with Crippen molar-refractivity contribution in [2.45, 2.75) is 32.8 Å². The van der Waals surface area contributed by atoms with Gasteiger partial charge in [-0.2, -0.15) is 0 Å². The zero-order chi connectivity index (χ0) is 12.7. The first-order chi connectivity index (χ1) is 8.17. The first kappa shape index (κ1) is 14.0. The fraction of sp³-hybridized carbons (Fsp3) is 0.571. The van der Waals surface area contributed by atoms with E-state index < -0.39 is 0 Å². The van der Waals surface area contributed by atoms with Crippen LogP contribution in [-0.4, -0.2) is 25.9 Å². The van der Waals surface area contributed by atoms with Gasteiger partial charge in [-0.25, -0.2) is 0 Å². The van der Waals surface area contributed by atoms with Crippen molar-refractivity contribution in [3.05, 3.63) is 29.8 Å². The van der Waals surface area contributed by atoms with E-state index in [0.717, 1.165) is 5.75 Å². The lowest BCUT2D eigenvalue weighted by molar-refractivity contribution is 0.0337. The molecule has 3 nitrogen and oxygen atoms in total. The highest BCUT2D eigenvalue weighted by Gasteiger charge is 2.07. The van der Waals surface area contributed by atoms with E-state index in [-0.39, 0.29) is 6.10 Å². The summed E-state index contributed by atoms with van der Waals surface area (Å²) in [5.41, 5.74) is 6.88. The molecule has 0 heterocycles. The normalized spacial score (nSPS) is 12.8. The highest BCUT2D eigenvalue weighted by molar-refractivity contribution is 5.30. The van der Waals surface area contributed by atoms with Crippen molar-refractivity contribution < 1.29 is 9.47 Å². The van der Waals surface area contributed by atoms with E-state index in [0.29, 0.717) is 25.7 Å². The van der Waals surface area contributed by atoms with Crippen LogP contribution in [0.5, 0.6) is 5.75 Å². The van der Waals surface area contributed by atoms with E-state index in [2.05, 4.69) is 26.0 Å². The maximum Gasteiger partial charge on any atom is 0.119 e. The molecule has 1 rings (SSSR count). The first-order valence-corrected chi connectivity index (χ1v) is 6.21. The van der Waals surface area contributed by atoms with Crippen LogP contribution in [0.25, 0.3) is 0 Å². The summed E-state index contributed by atoms with van der Waals surface area (Å²) in [7, 11) is 0. The Bertz CT molecular complexity index is 326. The summed E-state index contributed by atoms with van der Waals surface area (Å²) in [5, 5.41) is 0. The van der Waals surface area contributed by atoms with E-state index in [1.54, 1.807) is 0 Å². The van der Waals surface area contributed by atoms with Crippen LogP contribution in [-0.2, 0) is 4.74 Å². The zero-order valence-corrected chi connectivity index (χ0v) is 11.0. The maximum absolute atomic E-state index is 5.70. The Balaban J connectivity index is 2.53. The minimum atomic E-state index is -0.0253. The van der Waals surface area contributed by atoms with Crippen LogP contribution in [0.15, 0.2) is 24.3 Å². The van der Waals surface area contributed by atoms with Gasteiger partial charge < -0.3 is 15.2 Å². The first-order valence-electron chi connectivity index (χ1n) is 6.21. The fourth-order valence-electron chi connectivity index (χ4n) is 1.57. The third-order valence-corrected chi connectivity index (χ3v) is 2.63. The van der Waals surface area contributed by atoms with Gasteiger partial charge in [0, 0.05) is 13.2 Å². The van der Waals surface area contributed by atoms with Crippen molar-refractivity contribution in [3.8, 4) is 5.75 Å². The van der Waals surface area contributed by atoms with Gasteiger partial charge in [-0.05, 0) is 30.5 Å². The van der Waals surface area contributed by atoms with Gasteiger partial charge in [0.05, 0.1) is 0 Å². The van der Waals surface area contributed by atoms with E-state index in [1.807, 2.05) is 19.1 Å². The van der Waals surface area contributed by atoms with Gasteiger partial charge in [0.1, 0.15) is 18.5 Å². The lowest BCUT2D eigenvalue weighted by Crippen LogP contribution is -2.30. The maximum atomic E-state index is 5.70. The Morgan fingerprint density at radius 2 is 2.06 bits per heavy atom. The second-order valence-corrected chi connectivity index (χ2v) is 4.35. The smallest absolute Gasteiger partial charge is 0.119 e. The zero-order valence-electron chi connectivity index (χ0n) is 11.0. The minimum Gasteiger partial charge on any atom is -0.491 e.